The second kappa shape index (κ2) is 8.55. The molecule has 0 atom stereocenters. The van der Waals surface area contributed by atoms with E-state index in [0.717, 1.165) is 26.1 Å². The van der Waals surface area contributed by atoms with Gasteiger partial charge < -0.3 is 20.9 Å². The smallest absolute Gasteiger partial charge is 0.224 e. The average Bonchev–Trinajstić information content (AvgIpc) is 2.99. The van der Waals surface area contributed by atoms with Crippen LogP contribution in [0.4, 0.5) is 0 Å². The number of rotatable bonds is 8. The van der Waals surface area contributed by atoms with Crippen molar-refractivity contribution in [2.24, 2.45) is 16.1 Å². The van der Waals surface area contributed by atoms with Crippen molar-refractivity contribution in [1.29, 1.82) is 0 Å². The number of hydrogen-bond donors (Lipinski definition) is 3. The maximum Gasteiger partial charge on any atom is 0.224 e. The number of carbonyl (C=O) groups is 1. The van der Waals surface area contributed by atoms with Crippen molar-refractivity contribution in [3.05, 3.63) is 36.5 Å². The molecule has 0 aliphatic heterocycles. The fourth-order valence-electron chi connectivity index (χ4n) is 2.49. The summed E-state index contributed by atoms with van der Waals surface area (Å²) in [7, 11) is 0. The van der Waals surface area contributed by atoms with Crippen LogP contribution in [-0.2, 0) is 11.3 Å². The van der Waals surface area contributed by atoms with Gasteiger partial charge >= 0.3 is 0 Å². The van der Waals surface area contributed by atoms with E-state index < -0.39 is 5.41 Å². The van der Waals surface area contributed by atoms with Crippen LogP contribution in [0.25, 0.3) is 10.9 Å². The molecule has 0 spiro atoms. The van der Waals surface area contributed by atoms with Gasteiger partial charge in [-0.3, -0.25) is 9.79 Å². The molecule has 0 aliphatic carbocycles. The first-order chi connectivity index (χ1) is 11.9. The van der Waals surface area contributed by atoms with Crippen LogP contribution in [0.15, 0.2) is 41.5 Å². The topological polar surface area (TPSA) is 84.4 Å². The van der Waals surface area contributed by atoms with E-state index in [1.165, 1.54) is 10.9 Å². The normalized spacial score (nSPS) is 12.4. The van der Waals surface area contributed by atoms with Crippen LogP contribution >= 0.6 is 0 Å². The molecule has 1 aromatic heterocycles. The first kappa shape index (κ1) is 18.8. The molecular weight excluding hydrogens is 314 g/mol. The number of amides is 1. The number of aryl methyl sites for hydroxylation is 1. The number of benzene rings is 1. The lowest BCUT2D eigenvalue weighted by molar-refractivity contribution is -0.125. The lowest BCUT2D eigenvalue weighted by Gasteiger charge is -2.19. The highest BCUT2D eigenvalue weighted by Gasteiger charge is 2.24. The predicted molar refractivity (Wildman–Crippen MR) is 104 cm³/mol. The van der Waals surface area contributed by atoms with E-state index in [1.54, 1.807) is 13.8 Å². The molecule has 6 heteroatoms. The van der Waals surface area contributed by atoms with Crippen LogP contribution in [0.5, 0.6) is 0 Å². The van der Waals surface area contributed by atoms with Gasteiger partial charge in [-0.1, -0.05) is 18.2 Å². The Hall–Kier alpha value is -2.50. The summed E-state index contributed by atoms with van der Waals surface area (Å²) in [5.41, 5.74) is 6.01. The van der Waals surface area contributed by atoms with Gasteiger partial charge in [-0.25, -0.2) is 0 Å². The summed E-state index contributed by atoms with van der Waals surface area (Å²) < 4.78 is 2.26. The molecule has 0 saturated heterocycles. The van der Waals surface area contributed by atoms with E-state index in [9.17, 15) is 4.79 Å². The van der Waals surface area contributed by atoms with Crippen molar-refractivity contribution >= 4 is 22.8 Å². The van der Waals surface area contributed by atoms with Crippen molar-refractivity contribution < 1.29 is 4.79 Å². The van der Waals surface area contributed by atoms with Crippen LogP contribution < -0.4 is 16.4 Å². The lowest BCUT2D eigenvalue weighted by Crippen LogP contribution is -2.40. The van der Waals surface area contributed by atoms with Gasteiger partial charge in [-0.05, 0) is 44.7 Å². The van der Waals surface area contributed by atoms with E-state index >= 15 is 0 Å². The number of fused-ring (bicyclic) bond motifs is 1. The Balaban J connectivity index is 1.86. The SMILES string of the molecule is CCNC(=NCC(C)(C)C(N)=O)NCCCn1ccc2ccccc21. The van der Waals surface area contributed by atoms with Gasteiger partial charge in [0.2, 0.25) is 5.91 Å². The summed E-state index contributed by atoms with van der Waals surface area (Å²) in [5.74, 6) is 0.376. The molecule has 0 bridgehead atoms. The number of aromatic nitrogens is 1. The summed E-state index contributed by atoms with van der Waals surface area (Å²) in [6.07, 6.45) is 3.10. The second-order valence-electron chi connectivity index (χ2n) is 6.79. The zero-order valence-corrected chi connectivity index (χ0v) is 15.4. The van der Waals surface area contributed by atoms with Gasteiger partial charge in [-0.2, -0.15) is 0 Å². The van der Waals surface area contributed by atoms with Crippen LogP contribution in [0.3, 0.4) is 0 Å². The first-order valence-corrected chi connectivity index (χ1v) is 8.80. The summed E-state index contributed by atoms with van der Waals surface area (Å²) >= 11 is 0. The summed E-state index contributed by atoms with van der Waals surface area (Å²) in [4.78, 5) is 15.9. The number of guanidine groups is 1. The van der Waals surface area contributed by atoms with Crippen LogP contribution in [0.1, 0.15) is 27.2 Å². The quantitative estimate of drug-likeness (QED) is 0.390. The predicted octanol–water partition coefficient (Wildman–Crippen LogP) is 2.10. The molecule has 1 amide bonds. The third-order valence-corrected chi connectivity index (χ3v) is 4.19. The second-order valence-corrected chi connectivity index (χ2v) is 6.79. The Morgan fingerprint density at radius 1 is 1.24 bits per heavy atom. The minimum absolute atomic E-state index is 0.341. The first-order valence-electron chi connectivity index (χ1n) is 8.80. The Kier molecular flexibility index (Phi) is 6.44. The Bertz CT molecular complexity index is 732. The Morgan fingerprint density at radius 3 is 2.72 bits per heavy atom. The zero-order chi connectivity index (χ0) is 18.3. The van der Waals surface area contributed by atoms with Crippen molar-refractivity contribution in [2.75, 3.05) is 19.6 Å². The van der Waals surface area contributed by atoms with Crippen LogP contribution in [-0.4, -0.2) is 36.1 Å². The van der Waals surface area contributed by atoms with Gasteiger partial charge in [0, 0.05) is 31.3 Å². The molecule has 0 saturated carbocycles. The third kappa shape index (κ3) is 5.24. The molecule has 25 heavy (non-hydrogen) atoms. The summed E-state index contributed by atoms with van der Waals surface area (Å²) in [6, 6.07) is 10.5. The molecule has 4 N–H and O–H groups in total. The summed E-state index contributed by atoms with van der Waals surface area (Å²) in [5, 5.41) is 7.78. The minimum Gasteiger partial charge on any atom is -0.369 e. The number of nitrogens with two attached hydrogens (primary N) is 1. The molecule has 2 rings (SSSR count). The Morgan fingerprint density at radius 2 is 2.00 bits per heavy atom. The van der Waals surface area contributed by atoms with Gasteiger partial charge in [0.1, 0.15) is 0 Å². The number of para-hydroxylation sites is 1. The van der Waals surface area contributed by atoms with E-state index in [4.69, 9.17) is 5.73 Å². The highest BCUT2D eigenvalue weighted by molar-refractivity contribution is 5.82. The molecule has 0 unspecified atom stereocenters. The highest BCUT2D eigenvalue weighted by Crippen LogP contribution is 2.15. The molecular formula is C19H29N5O. The number of carbonyl (C=O) groups excluding carboxylic acids is 1. The maximum atomic E-state index is 11.4. The van der Waals surface area contributed by atoms with Crippen molar-refractivity contribution in [2.45, 2.75) is 33.7 Å². The highest BCUT2D eigenvalue weighted by atomic mass is 16.1. The van der Waals surface area contributed by atoms with Gasteiger partial charge in [0.05, 0.1) is 12.0 Å². The van der Waals surface area contributed by atoms with Crippen molar-refractivity contribution in [3.63, 3.8) is 0 Å². The fourth-order valence-corrected chi connectivity index (χ4v) is 2.49. The minimum atomic E-state index is -0.646. The number of nitrogens with zero attached hydrogens (tertiary/aromatic N) is 2. The lowest BCUT2D eigenvalue weighted by atomic mass is 9.93. The number of nitrogens with one attached hydrogen (secondary N) is 2. The van der Waals surface area contributed by atoms with Gasteiger partial charge in [-0.15, -0.1) is 0 Å². The number of hydrogen-bond acceptors (Lipinski definition) is 2. The molecule has 0 fully saturated rings. The number of primary amides is 1. The monoisotopic (exact) mass is 343 g/mol. The molecule has 6 nitrogen and oxygen atoms in total. The fraction of sp³-hybridized carbons (Fsp3) is 0.474. The van der Waals surface area contributed by atoms with E-state index in [-0.39, 0.29) is 5.91 Å². The van der Waals surface area contributed by atoms with Crippen LogP contribution in [0.2, 0.25) is 0 Å². The van der Waals surface area contributed by atoms with E-state index in [0.29, 0.717) is 12.5 Å². The van der Waals surface area contributed by atoms with E-state index in [2.05, 4.69) is 56.7 Å². The molecule has 1 heterocycles. The van der Waals surface area contributed by atoms with Gasteiger partial charge in [0.15, 0.2) is 5.96 Å². The largest absolute Gasteiger partial charge is 0.369 e. The molecule has 0 aliphatic rings. The maximum absolute atomic E-state index is 11.4. The molecule has 136 valence electrons. The number of aliphatic imine (C=N–C) groups is 1. The standard InChI is InChI=1S/C19H29N5O/c1-4-21-18(23-14-19(2,3)17(20)25)22-11-7-12-24-13-10-15-8-5-6-9-16(15)24/h5-6,8-10,13H,4,7,11-12,14H2,1-3H3,(H2,20,25)(H2,21,22,23). The molecule has 1 aromatic carbocycles. The molecule has 0 radical (unpaired) electrons. The van der Waals surface area contributed by atoms with Gasteiger partial charge in [0.25, 0.3) is 0 Å². The Labute approximate surface area is 149 Å². The zero-order valence-electron chi connectivity index (χ0n) is 15.4. The average molecular weight is 343 g/mol. The third-order valence-electron chi connectivity index (χ3n) is 4.19. The molecule has 2 aromatic rings. The van der Waals surface area contributed by atoms with Crippen LogP contribution in [0, 0.1) is 5.41 Å². The van der Waals surface area contributed by atoms with Crippen molar-refractivity contribution in [1.82, 2.24) is 15.2 Å². The van der Waals surface area contributed by atoms with E-state index in [1.807, 2.05) is 6.92 Å². The van der Waals surface area contributed by atoms with Crippen molar-refractivity contribution in [3.8, 4) is 0 Å². The summed E-state index contributed by atoms with van der Waals surface area (Å²) in [6.45, 7) is 8.49.